The van der Waals surface area contributed by atoms with Gasteiger partial charge in [-0.05, 0) is 59.0 Å². The van der Waals surface area contributed by atoms with Crippen molar-refractivity contribution in [1.82, 2.24) is 10.2 Å². The van der Waals surface area contributed by atoms with Crippen LogP contribution in [0.3, 0.4) is 0 Å². The summed E-state index contributed by atoms with van der Waals surface area (Å²) in [5, 5.41) is 3.95. The Morgan fingerprint density at radius 1 is 1.27 bits per heavy atom. The van der Waals surface area contributed by atoms with E-state index in [9.17, 15) is 4.79 Å². The third-order valence-electron chi connectivity index (χ3n) is 2.77. The Bertz CT molecular complexity index is 513. The van der Waals surface area contributed by atoms with E-state index in [1.54, 1.807) is 6.07 Å². The van der Waals surface area contributed by atoms with Crippen molar-refractivity contribution in [3.05, 3.63) is 33.8 Å². The molecule has 22 heavy (non-hydrogen) atoms. The molecule has 6 heteroatoms. The molecule has 124 valence electrons. The van der Waals surface area contributed by atoms with Crippen molar-refractivity contribution in [2.75, 3.05) is 20.6 Å². The largest absolute Gasteiger partial charge is 0.444 e. The summed E-state index contributed by atoms with van der Waals surface area (Å²) in [4.78, 5) is 14.0. The zero-order valence-electron chi connectivity index (χ0n) is 13.7. The number of hydrogen-bond acceptors (Lipinski definition) is 3. The lowest BCUT2D eigenvalue weighted by Crippen LogP contribution is -2.45. The van der Waals surface area contributed by atoms with Gasteiger partial charge in [-0.25, -0.2) is 4.79 Å². The molecule has 0 saturated carbocycles. The topological polar surface area (TPSA) is 41.6 Å². The molecule has 0 heterocycles. The molecule has 1 amide bonds. The van der Waals surface area contributed by atoms with E-state index >= 15 is 0 Å². The summed E-state index contributed by atoms with van der Waals surface area (Å²) in [7, 11) is 3.91. The van der Waals surface area contributed by atoms with E-state index in [2.05, 4.69) is 5.32 Å². The molecule has 0 fully saturated rings. The van der Waals surface area contributed by atoms with Gasteiger partial charge in [-0.15, -0.1) is 0 Å². The van der Waals surface area contributed by atoms with Crippen LogP contribution in [0.15, 0.2) is 18.2 Å². The number of nitrogens with one attached hydrogen (secondary N) is 1. The molecule has 0 radical (unpaired) electrons. The highest BCUT2D eigenvalue weighted by Gasteiger charge is 2.20. The number of amides is 1. The van der Waals surface area contributed by atoms with Crippen molar-refractivity contribution in [3.8, 4) is 0 Å². The molecule has 4 nitrogen and oxygen atoms in total. The van der Waals surface area contributed by atoms with Crippen molar-refractivity contribution in [2.24, 2.45) is 0 Å². The molecule has 0 aliphatic rings. The molecule has 0 spiro atoms. The third kappa shape index (κ3) is 7.34. The molecule has 1 aromatic carbocycles. The minimum absolute atomic E-state index is 0.0814. The Balaban J connectivity index is 2.75. The van der Waals surface area contributed by atoms with Crippen LogP contribution in [0.4, 0.5) is 4.79 Å². The van der Waals surface area contributed by atoms with Gasteiger partial charge in [0.2, 0.25) is 0 Å². The van der Waals surface area contributed by atoms with E-state index in [1.807, 2.05) is 51.9 Å². The number of likely N-dealkylation sites (N-methyl/N-ethyl adjacent to an activating group) is 1. The van der Waals surface area contributed by atoms with E-state index < -0.39 is 11.7 Å². The van der Waals surface area contributed by atoms with Crippen LogP contribution in [0.5, 0.6) is 0 Å². The fraction of sp³-hybridized carbons (Fsp3) is 0.562. The second kappa shape index (κ2) is 8.04. The van der Waals surface area contributed by atoms with E-state index in [0.717, 1.165) is 5.56 Å². The zero-order valence-corrected chi connectivity index (χ0v) is 15.3. The number of carbonyl (C=O) groups excluding carboxylic acids is 1. The first-order chi connectivity index (χ1) is 10.1. The Hall–Kier alpha value is -0.970. The van der Waals surface area contributed by atoms with Crippen LogP contribution < -0.4 is 5.32 Å². The fourth-order valence-electron chi connectivity index (χ4n) is 2.03. The van der Waals surface area contributed by atoms with Gasteiger partial charge in [-0.2, -0.15) is 0 Å². The van der Waals surface area contributed by atoms with Gasteiger partial charge in [-0.3, -0.25) is 0 Å². The highest BCUT2D eigenvalue weighted by atomic mass is 35.5. The smallest absolute Gasteiger partial charge is 0.407 e. The predicted molar refractivity (Wildman–Crippen MR) is 91.9 cm³/mol. The lowest BCUT2D eigenvalue weighted by atomic mass is 10.1. The quantitative estimate of drug-likeness (QED) is 0.876. The van der Waals surface area contributed by atoms with E-state index in [0.29, 0.717) is 23.0 Å². The molecule has 0 bridgehead atoms. The van der Waals surface area contributed by atoms with Crippen LogP contribution in [0.25, 0.3) is 0 Å². The fourth-order valence-corrected chi connectivity index (χ4v) is 2.35. The minimum atomic E-state index is -0.518. The van der Waals surface area contributed by atoms with Crippen LogP contribution in [0.1, 0.15) is 26.3 Å². The normalized spacial score (nSPS) is 13.1. The predicted octanol–water partition coefficient (Wildman–Crippen LogP) is 3.99. The van der Waals surface area contributed by atoms with Crippen molar-refractivity contribution in [2.45, 2.75) is 38.8 Å². The third-order valence-corrected chi connectivity index (χ3v) is 3.51. The number of benzene rings is 1. The molecule has 0 aliphatic carbocycles. The second-order valence-corrected chi connectivity index (χ2v) is 7.37. The van der Waals surface area contributed by atoms with Gasteiger partial charge in [0.15, 0.2) is 0 Å². The van der Waals surface area contributed by atoms with Gasteiger partial charge >= 0.3 is 6.09 Å². The first-order valence-electron chi connectivity index (χ1n) is 7.15. The number of ether oxygens (including phenoxy) is 1. The summed E-state index contributed by atoms with van der Waals surface area (Å²) < 4.78 is 5.31. The van der Waals surface area contributed by atoms with Crippen molar-refractivity contribution in [3.63, 3.8) is 0 Å². The maximum Gasteiger partial charge on any atom is 0.407 e. The monoisotopic (exact) mass is 346 g/mol. The standard InChI is InChI=1S/C16H24Cl2N2O2/c1-16(2,3)22-15(21)19-12(10-20(4)5)8-11-6-7-13(17)14(18)9-11/h6-7,9,12H,8,10H2,1-5H3,(H,19,21). The summed E-state index contributed by atoms with van der Waals surface area (Å²) in [5.74, 6) is 0. The average Bonchev–Trinajstić information content (AvgIpc) is 2.30. The van der Waals surface area contributed by atoms with Gasteiger partial charge in [0, 0.05) is 12.6 Å². The summed E-state index contributed by atoms with van der Waals surface area (Å²) in [5.41, 5.74) is 0.494. The highest BCUT2D eigenvalue weighted by Crippen LogP contribution is 2.23. The van der Waals surface area contributed by atoms with Crippen molar-refractivity contribution in [1.29, 1.82) is 0 Å². The Morgan fingerprint density at radius 2 is 1.91 bits per heavy atom. The lowest BCUT2D eigenvalue weighted by Gasteiger charge is -2.25. The summed E-state index contributed by atoms with van der Waals surface area (Å²) >= 11 is 12.0. The van der Waals surface area contributed by atoms with E-state index in [-0.39, 0.29) is 6.04 Å². The molecule has 1 rings (SSSR count). The van der Waals surface area contributed by atoms with Gasteiger partial charge in [0.1, 0.15) is 5.60 Å². The van der Waals surface area contributed by atoms with E-state index in [1.165, 1.54) is 0 Å². The Labute approximate surface area is 142 Å². The van der Waals surface area contributed by atoms with Crippen LogP contribution in [0.2, 0.25) is 10.0 Å². The molecule has 1 unspecified atom stereocenters. The molecular formula is C16H24Cl2N2O2. The van der Waals surface area contributed by atoms with Crippen molar-refractivity contribution >= 4 is 29.3 Å². The second-order valence-electron chi connectivity index (χ2n) is 6.56. The summed E-state index contributed by atoms with van der Waals surface area (Å²) in [6, 6.07) is 5.42. The number of hydrogen-bond donors (Lipinski definition) is 1. The molecule has 0 aromatic heterocycles. The van der Waals surface area contributed by atoms with Crippen LogP contribution in [-0.4, -0.2) is 43.3 Å². The first-order valence-corrected chi connectivity index (χ1v) is 7.90. The van der Waals surface area contributed by atoms with Gasteiger partial charge in [0.25, 0.3) is 0 Å². The highest BCUT2D eigenvalue weighted by molar-refractivity contribution is 6.42. The Kier molecular flexibility index (Phi) is 6.98. The van der Waals surface area contributed by atoms with Gasteiger partial charge in [0.05, 0.1) is 10.0 Å². The van der Waals surface area contributed by atoms with E-state index in [4.69, 9.17) is 27.9 Å². The maximum absolute atomic E-state index is 12.0. The first kappa shape index (κ1) is 19.1. The number of alkyl carbamates (subject to hydrolysis) is 1. The van der Waals surface area contributed by atoms with Crippen LogP contribution in [-0.2, 0) is 11.2 Å². The molecule has 1 aromatic rings. The van der Waals surface area contributed by atoms with Crippen LogP contribution >= 0.6 is 23.2 Å². The number of rotatable bonds is 5. The SMILES string of the molecule is CN(C)CC(Cc1ccc(Cl)c(Cl)c1)NC(=O)OC(C)(C)C. The van der Waals surface area contributed by atoms with Crippen molar-refractivity contribution < 1.29 is 9.53 Å². The zero-order chi connectivity index (χ0) is 16.9. The number of carbonyl (C=O) groups is 1. The minimum Gasteiger partial charge on any atom is -0.444 e. The molecule has 0 saturated heterocycles. The molecule has 1 atom stereocenters. The van der Waals surface area contributed by atoms with Gasteiger partial charge in [-0.1, -0.05) is 29.3 Å². The summed E-state index contributed by atoms with van der Waals surface area (Å²) in [6.07, 6.45) is 0.230. The number of halogens is 2. The Morgan fingerprint density at radius 3 is 2.41 bits per heavy atom. The lowest BCUT2D eigenvalue weighted by molar-refractivity contribution is 0.0497. The maximum atomic E-state index is 12.0. The molecule has 1 N–H and O–H groups in total. The summed E-state index contributed by atoms with van der Waals surface area (Å²) in [6.45, 7) is 6.21. The molecule has 0 aliphatic heterocycles. The van der Waals surface area contributed by atoms with Crippen LogP contribution in [0, 0.1) is 0 Å². The molecular weight excluding hydrogens is 323 g/mol. The number of nitrogens with zero attached hydrogens (tertiary/aromatic N) is 1. The van der Waals surface area contributed by atoms with Gasteiger partial charge < -0.3 is 15.0 Å². The average molecular weight is 347 g/mol.